The Balaban J connectivity index is 1.08. The molecule has 0 aromatic carbocycles. The molecule has 8 nitrogen and oxygen atoms in total. The minimum Gasteiger partial charge on any atom is -0.478 e. The van der Waals surface area contributed by atoms with E-state index in [9.17, 15) is 9.90 Å². The second-order valence-corrected chi connectivity index (χ2v) is 12.0. The summed E-state index contributed by atoms with van der Waals surface area (Å²) in [6, 6.07) is 3.13. The Labute approximate surface area is 240 Å². The summed E-state index contributed by atoms with van der Waals surface area (Å²) in [5, 5.41) is 14.5. The maximum Gasteiger partial charge on any atom is 0.335 e. The van der Waals surface area contributed by atoms with Crippen molar-refractivity contribution in [2.45, 2.75) is 69.5 Å². The van der Waals surface area contributed by atoms with Gasteiger partial charge in [0.25, 0.3) is 0 Å². The van der Waals surface area contributed by atoms with E-state index < -0.39 is 5.97 Å². The van der Waals surface area contributed by atoms with Crippen LogP contribution in [0.2, 0.25) is 10.0 Å². The molecular formula is C30H26Cl2N4O4. The lowest BCUT2D eigenvalue weighted by Gasteiger charge is -2.51. The molecule has 0 amide bonds. The molecule has 4 saturated carbocycles. The zero-order valence-corrected chi connectivity index (χ0v) is 23.1. The first-order valence-electron chi connectivity index (χ1n) is 13.5. The molecule has 8 rings (SSSR count). The highest BCUT2D eigenvalue weighted by atomic mass is 35.5. The lowest BCUT2D eigenvalue weighted by molar-refractivity contribution is -0.131. The number of halogens is 2. The van der Waals surface area contributed by atoms with Crippen molar-refractivity contribution in [3.8, 4) is 23.1 Å². The predicted molar refractivity (Wildman–Crippen MR) is 148 cm³/mol. The monoisotopic (exact) mass is 576 g/mol. The first-order chi connectivity index (χ1) is 19.4. The molecule has 0 saturated heterocycles. The third-order valence-corrected chi connectivity index (χ3v) is 9.35. The molecular weight excluding hydrogens is 551 g/mol. The molecule has 4 heterocycles. The van der Waals surface area contributed by atoms with Crippen LogP contribution in [-0.4, -0.2) is 36.2 Å². The van der Waals surface area contributed by atoms with E-state index in [-0.39, 0.29) is 16.6 Å². The van der Waals surface area contributed by atoms with Crippen molar-refractivity contribution in [2.75, 3.05) is 0 Å². The summed E-state index contributed by atoms with van der Waals surface area (Å²) in [6.07, 6.45) is 14.4. The zero-order valence-electron chi connectivity index (χ0n) is 21.6. The van der Waals surface area contributed by atoms with Crippen LogP contribution in [0.15, 0.2) is 41.4 Å². The van der Waals surface area contributed by atoms with Crippen LogP contribution in [0.4, 0.5) is 0 Å². The van der Waals surface area contributed by atoms with Gasteiger partial charge in [-0.2, -0.15) is 0 Å². The van der Waals surface area contributed by atoms with E-state index in [4.69, 9.17) is 32.5 Å². The molecule has 1 N–H and O–H groups in total. The van der Waals surface area contributed by atoms with Gasteiger partial charge in [-0.25, -0.2) is 9.78 Å². The minimum atomic E-state index is -0.971. The van der Waals surface area contributed by atoms with Gasteiger partial charge in [0.15, 0.2) is 0 Å². The van der Waals surface area contributed by atoms with Crippen LogP contribution in [0.1, 0.15) is 84.7 Å². The summed E-state index contributed by atoms with van der Waals surface area (Å²) in [4.78, 5) is 19.7. The number of fused-ring (bicyclic) bond motifs is 4. The second kappa shape index (κ2) is 9.62. The Kier molecular flexibility index (Phi) is 6.15. The zero-order chi connectivity index (χ0) is 27.5. The molecule has 4 aliphatic carbocycles. The predicted octanol–water partition coefficient (Wildman–Crippen LogP) is 6.93. The van der Waals surface area contributed by atoms with Crippen LogP contribution in [0.25, 0.3) is 16.9 Å². The van der Waals surface area contributed by atoms with E-state index in [1.807, 2.05) is 4.40 Å². The van der Waals surface area contributed by atoms with Crippen molar-refractivity contribution in [1.29, 1.82) is 0 Å². The molecule has 204 valence electrons. The quantitative estimate of drug-likeness (QED) is 0.248. The average molecular weight is 577 g/mol. The molecule has 10 heteroatoms. The highest BCUT2D eigenvalue weighted by molar-refractivity contribution is 6.38. The number of imidazole rings is 1. The molecule has 4 aromatic heterocycles. The van der Waals surface area contributed by atoms with Crippen LogP contribution in [0.3, 0.4) is 0 Å². The van der Waals surface area contributed by atoms with Crippen LogP contribution in [-0.2, 0) is 11.3 Å². The number of aromatic carboxylic acids is 1. The van der Waals surface area contributed by atoms with Crippen LogP contribution in [0, 0.1) is 17.3 Å². The van der Waals surface area contributed by atoms with Crippen molar-refractivity contribution in [2.24, 2.45) is 5.41 Å². The summed E-state index contributed by atoms with van der Waals surface area (Å²) in [6.45, 7) is 0.401. The highest BCUT2D eigenvalue weighted by Gasteiger charge is 2.49. The molecule has 0 spiro atoms. The number of carboxylic acids is 1. The number of pyridine rings is 2. The summed E-state index contributed by atoms with van der Waals surface area (Å²) >= 11 is 12.9. The summed E-state index contributed by atoms with van der Waals surface area (Å²) in [7, 11) is 0. The number of carboxylic acid groups (broad SMARTS) is 1. The fraction of sp³-hybridized carbons (Fsp3) is 0.400. The van der Waals surface area contributed by atoms with Gasteiger partial charge in [-0.05, 0) is 69.4 Å². The van der Waals surface area contributed by atoms with Gasteiger partial charge < -0.3 is 14.4 Å². The van der Waals surface area contributed by atoms with Crippen LogP contribution < -0.4 is 0 Å². The fourth-order valence-electron chi connectivity index (χ4n) is 6.14. The Morgan fingerprint density at radius 3 is 2.52 bits per heavy atom. The Morgan fingerprint density at radius 1 is 1.12 bits per heavy atom. The second-order valence-electron chi connectivity index (χ2n) is 11.2. The van der Waals surface area contributed by atoms with Gasteiger partial charge in [-0.3, -0.25) is 9.38 Å². The summed E-state index contributed by atoms with van der Waals surface area (Å²) in [5.41, 5.74) is 3.53. The smallest absolute Gasteiger partial charge is 0.335 e. The standard InChI is InChI=1S/C30H26Cl2N4O4/c31-22-15-33-16-23(32)25(22)26-21(27(40-35-26)18-1-2-18)17-39-30-9-6-29(7-10-30,8-11-30)5-3-20-14-34-24-13-19(28(37)38)4-12-36(20)24/h4,12-16,18H,1-2,6-11,17H2,(H,37,38). The first kappa shape index (κ1) is 25.6. The maximum absolute atomic E-state index is 11.3. The van der Waals surface area contributed by atoms with E-state index in [2.05, 4.69) is 27.0 Å². The van der Waals surface area contributed by atoms with Gasteiger partial charge in [0, 0.05) is 41.1 Å². The van der Waals surface area contributed by atoms with E-state index >= 15 is 0 Å². The molecule has 0 radical (unpaired) electrons. The van der Waals surface area contributed by atoms with Gasteiger partial charge in [-0.15, -0.1) is 0 Å². The van der Waals surface area contributed by atoms with Crippen molar-refractivity contribution in [1.82, 2.24) is 19.5 Å². The third kappa shape index (κ3) is 4.46. The van der Waals surface area contributed by atoms with E-state index in [1.54, 1.807) is 36.9 Å². The molecule has 2 bridgehead atoms. The number of ether oxygens (including phenoxy) is 1. The largest absolute Gasteiger partial charge is 0.478 e. The van der Waals surface area contributed by atoms with Gasteiger partial charge in [0.05, 0.1) is 34.0 Å². The molecule has 4 aromatic rings. The highest BCUT2D eigenvalue weighted by Crippen LogP contribution is 2.54. The minimum absolute atomic E-state index is 0.0457. The maximum atomic E-state index is 11.3. The molecule has 0 atom stereocenters. The lowest BCUT2D eigenvalue weighted by atomic mass is 9.59. The third-order valence-electron chi connectivity index (χ3n) is 8.77. The number of rotatable bonds is 6. The van der Waals surface area contributed by atoms with Gasteiger partial charge >= 0.3 is 5.97 Å². The van der Waals surface area contributed by atoms with E-state index in [0.717, 1.165) is 68.4 Å². The summed E-state index contributed by atoms with van der Waals surface area (Å²) in [5.74, 6) is 7.20. The number of hydrogen-bond acceptors (Lipinski definition) is 6. The molecule has 4 fully saturated rings. The van der Waals surface area contributed by atoms with Crippen molar-refractivity contribution in [3.63, 3.8) is 0 Å². The fourth-order valence-corrected chi connectivity index (χ4v) is 6.69. The van der Waals surface area contributed by atoms with Gasteiger partial charge in [-0.1, -0.05) is 34.3 Å². The number of carbonyl (C=O) groups is 1. The van der Waals surface area contributed by atoms with E-state index in [1.165, 1.54) is 0 Å². The van der Waals surface area contributed by atoms with Crippen molar-refractivity contribution in [3.05, 3.63) is 69.5 Å². The molecule has 0 unspecified atom stereocenters. The molecule has 40 heavy (non-hydrogen) atoms. The number of aromatic nitrogens is 4. The van der Waals surface area contributed by atoms with Crippen LogP contribution in [0.5, 0.6) is 0 Å². The van der Waals surface area contributed by atoms with Crippen molar-refractivity contribution >= 4 is 34.8 Å². The van der Waals surface area contributed by atoms with Gasteiger partial charge in [0.2, 0.25) is 0 Å². The summed E-state index contributed by atoms with van der Waals surface area (Å²) < 4.78 is 14.4. The average Bonchev–Trinajstić information content (AvgIpc) is 3.60. The topological polar surface area (TPSA) is 103 Å². The molecule has 4 aliphatic rings. The van der Waals surface area contributed by atoms with E-state index in [0.29, 0.717) is 39.5 Å². The SMILES string of the molecule is O=C(O)c1ccn2c(C#CC34CCC(OCc5c(-c6c(Cl)cncc6Cl)noc5C5CC5)(CC3)CC4)cnc2c1. The number of nitrogens with zero attached hydrogens (tertiary/aromatic N) is 4. The Bertz CT molecular complexity index is 1670. The molecule has 0 aliphatic heterocycles. The lowest BCUT2D eigenvalue weighted by Crippen LogP contribution is -2.47. The van der Waals surface area contributed by atoms with Crippen LogP contribution >= 0.6 is 23.2 Å². The normalized spacial score (nSPS) is 23.8. The van der Waals surface area contributed by atoms with Gasteiger partial charge in [0.1, 0.15) is 22.8 Å². The van der Waals surface area contributed by atoms with Crippen molar-refractivity contribution < 1.29 is 19.2 Å². The number of hydrogen-bond donors (Lipinski definition) is 1. The Hall–Kier alpha value is -3.38. The first-order valence-corrected chi connectivity index (χ1v) is 14.3. The Morgan fingerprint density at radius 2 is 1.85 bits per heavy atom.